The van der Waals surface area contributed by atoms with Crippen LogP contribution < -0.4 is 15.4 Å². The lowest BCUT2D eigenvalue weighted by Gasteiger charge is -2.09. The van der Waals surface area contributed by atoms with Crippen molar-refractivity contribution < 1.29 is 18.7 Å². The number of carbonyl (C=O) groups excluding carboxylic acids is 2. The predicted octanol–water partition coefficient (Wildman–Crippen LogP) is 2.13. The molecule has 23 heavy (non-hydrogen) atoms. The highest BCUT2D eigenvalue weighted by Gasteiger charge is 2.15. The molecule has 0 aliphatic rings. The number of rotatable bonds is 5. The molecule has 0 fully saturated rings. The average molecular weight is 316 g/mol. The first-order chi connectivity index (χ1) is 11.1. The van der Waals surface area contributed by atoms with Gasteiger partial charge < -0.3 is 15.4 Å². The molecule has 2 N–H and O–H groups in total. The van der Waals surface area contributed by atoms with Crippen LogP contribution in [0, 0.1) is 5.82 Å². The second-order valence-electron chi connectivity index (χ2n) is 4.75. The van der Waals surface area contributed by atoms with Gasteiger partial charge in [0.25, 0.3) is 0 Å². The van der Waals surface area contributed by atoms with E-state index in [0.29, 0.717) is 6.42 Å². The minimum atomic E-state index is -0.907. The molecule has 120 valence electrons. The molecule has 2 amide bonds. The summed E-state index contributed by atoms with van der Waals surface area (Å²) in [5, 5.41) is 4.72. The van der Waals surface area contributed by atoms with Crippen molar-refractivity contribution in [1.82, 2.24) is 5.32 Å². The Hall–Kier alpha value is -2.89. The van der Waals surface area contributed by atoms with Crippen molar-refractivity contribution >= 4 is 17.5 Å². The van der Waals surface area contributed by atoms with E-state index in [0.717, 1.165) is 11.3 Å². The second-order valence-corrected chi connectivity index (χ2v) is 4.75. The summed E-state index contributed by atoms with van der Waals surface area (Å²) >= 11 is 0. The number of amides is 2. The van der Waals surface area contributed by atoms with Gasteiger partial charge in [-0.2, -0.15) is 0 Å². The van der Waals surface area contributed by atoms with Crippen LogP contribution in [0.5, 0.6) is 5.75 Å². The first-order valence-corrected chi connectivity index (χ1v) is 7.07. The summed E-state index contributed by atoms with van der Waals surface area (Å²) < 4.78 is 18.6. The third-order valence-corrected chi connectivity index (χ3v) is 3.20. The van der Waals surface area contributed by atoms with Gasteiger partial charge >= 0.3 is 11.8 Å². The van der Waals surface area contributed by atoms with Crippen molar-refractivity contribution in [3.05, 3.63) is 59.9 Å². The summed E-state index contributed by atoms with van der Waals surface area (Å²) in [6, 6.07) is 13.1. The smallest absolute Gasteiger partial charge is 0.313 e. The van der Waals surface area contributed by atoms with Crippen LogP contribution in [0.4, 0.5) is 10.1 Å². The van der Waals surface area contributed by atoms with E-state index in [1.165, 1.54) is 18.2 Å². The first kappa shape index (κ1) is 16.5. The van der Waals surface area contributed by atoms with Crippen LogP contribution >= 0.6 is 0 Å². The Balaban J connectivity index is 1.85. The van der Waals surface area contributed by atoms with E-state index >= 15 is 0 Å². The third kappa shape index (κ3) is 4.54. The zero-order valence-electron chi connectivity index (χ0n) is 12.6. The molecule has 0 saturated heterocycles. The molecule has 2 aromatic rings. The number of hydrogen-bond donors (Lipinski definition) is 2. The lowest BCUT2D eigenvalue weighted by Crippen LogP contribution is -2.36. The molecule has 0 aromatic heterocycles. The highest BCUT2D eigenvalue weighted by molar-refractivity contribution is 6.39. The molecule has 0 aliphatic carbocycles. The van der Waals surface area contributed by atoms with Gasteiger partial charge in [0.05, 0.1) is 12.8 Å². The number of para-hydroxylation sites is 2. The topological polar surface area (TPSA) is 67.4 Å². The largest absolute Gasteiger partial charge is 0.496 e. The fourth-order valence-corrected chi connectivity index (χ4v) is 2.04. The predicted molar refractivity (Wildman–Crippen MR) is 84.7 cm³/mol. The molecule has 0 atom stereocenters. The van der Waals surface area contributed by atoms with Gasteiger partial charge in [-0.25, -0.2) is 4.39 Å². The van der Waals surface area contributed by atoms with Crippen molar-refractivity contribution in [2.24, 2.45) is 0 Å². The van der Waals surface area contributed by atoms with Gasteiger partial charge in [-0.3, -0.25) is 9.59 Å². The molecule has 0 saturated carbocycles. The molecule has 0 heterocycles. The summed E-state index contributed by atoms with van der Waals surface area (Å²) in [6.45, 7) is 0.268. The molecule has 0 bridgehead atoms. The quantitative estimate of drug-likeness (QED) is 0.831. The molecule has 6 heteroatoms. The third-order valence-electron chi connectivity index (χ3n) is 3.20. The monoisotopic (exact) mass is 316 g/mol. The Morgan fingerprint density at radius 3 is 2.48 bits per heavy atom. The molecule has 5 nitrogen and oxygen atoms in total. The van der Waals surface area contributed by atoms with Gasteiger partial charge in [0.1, 0.15) is 11.6 Å². The van der Waals surface area contributed by atoms with Gasteiger partial charge in [-0.05, 0) is 30.2 Å². The summed E-state index contributed by atoms with van der Waals surface area (Å²) in [7, 11) is 1.57. The van der Waals surface area contributed by atoms with Crippen LogP contribution in [0.1, 0.15) is 5.56 Å². The van der Waals surface area contributed by atoms with E-state index in [-0.39, 0.29) is 12.2 Å². The van der Waals surface area contributed by atoms with Crippen LogP contribution in [0.2, 0.25) is 0 Å². The SMILES string of the molecule is COc1ccccc1CCNC(=O)C(=O)Nc1ccccc1F. The number of carbonyl (C=O) groups is 2. The number of nitrogens with one attached hydrogen (secondary N) is 2. The molecule has 2 aromatic carbocycles. The number of hydrogen-bond acceptors (Lipinski definition) is 3. The Kier molecular flexibility index (Phi) is 5.68. The van der Waals surface area contributed by atoms with Crippen LogP contribution in [0.15, 0.2) is 48.5 Å². The number of benzene rings is 2. The Morgan fingerprint density at radius 1 is 1.04 bits per heavy atom. The first-order valence-electron chi connectivity index (χ1n) is 7.07. The number of methoxy groups -OCH3 is 1. The molecule has 0 aliphatic heterocycles. The maximum absolute atomic E-state index is 13.4. The van der Waals surface area contributed by atoms with E-state index in [1.54, 1.807) is 13.2 Å². The normalized spacial score (nSPS) is 10.0. The van der Waals surface area contributed by atoms with E-state index in [1.807, 2.05) is 24.3 Å². The van der Waals surface area contributed by atoms with Gasteiger partial charge in [0.15, 0.2) is 0 Å². The standard InChI is InChI=1S/C17H17FN2O3/c1-23-15-9-5-2-6-12(15)10-11-19-16(21)17(22)20-14-8-4-3-7-13(14)18/h2-9H,10-11H2,1H3,(H,19,21)(H,20,22). The highest BCUT2D eigenvalue weighted by Crippen LogP contribution is 2.17. The highest BCUT2D eigenvalue weighted by atomic mass is 19.1. The molecule has 2 rings (SSSR count). The Morgan fingerprint density at radius 2 is 1.74 bits per heavy atom. The molecule has 0 radical (unpaired) electrons. The van der Waals surface area contributed by atoms with Crippen molar-refractivity contribution in [3.63, 3.8) is 0 Å². The maximum Gasteiger partial charge on any atom is 0.313 e. The zero-order chi connectivity index (χ0) is 16.7. The van der Waals surface area contributed by atoms with Crippen LogP contribution in [-0.2, 0) is 16.0 Å². The summed E-state index contributed by atoms with van der Waals surface area (Å²) in [6.07, 6.45) is 0.517. The van der Waals surface area contributed by atoms with Gasteiger partial charge in [0, 0.05) is 6.54 Å². The zero-order valence-corrected chi connectivity index (χ0v) is 12.6. The van der Waals surface area contributed by atoms with Crippen molar-refractivity contribution in [2.45, 2.75) is 6.42 Å². The van der Waals surface area contributed by atoms with Crippen LogP contribution in [0.25, 0.3) is 0 Å². The fourth-order valence-electron chi connectivity index (χ4n) is 2.04. The molecule has 0 unspecified atom stereocenters. The minimum Gasteiger partial charge on any atom is -0.496 e. The van der Waals surface area contributed by atoms with Crippen LogP contribution in [0.3, 0.4) is 0 Å². The molecular formula is C17H17FN2O3. The maximum atomic E-state index is 13.4. The summed E-state index contributed by atoms with van der Waals surface area (Å²) in [5.74, 6) is -1.60. The summed E-state index contributed by atoms with van der Waals surface area (Å²) in [5.41, 5.74) is 0.891. The molecular weight excluding hydrogens is 299 g/mol. The van der Waals surface area contributed by atoms with Gasteiger partial charge in [-0.1, -0.05) is 30.3 Å². The van der Waals surface area contributed by atoms with E-state index in [2.05, 4.69) is 10.6 Å². The van der Waals surface area contributed by atoms with Crippen LogP contribution in [-0.4, -0.2) is 25.5 Å². The van der Waals surface area contributed by atoms with Crippen molar-refractivity contribution in [2.75, 3.05) is 19.0 Å². The Labute approximate surface area is 133 Å². The number of ether oxygens (including phenoxy) is 1. The molecule has 0 spiro atoms. The van der Waals surface area contributed by atoms with E-state index in [9.17, 15) is 14.0 Å². The van der Waals surface area contributed by atoms with Gasteiger partial charge in [-0.15, -0.1) is 0 Å². The second kappa shape index (κ2) is 7.93. The minimum absolute atomic E-state index is 0.0302. The lowest BCUT2D eigenvalue weighted by atomic mass is 10.1. The van der Waals surface area contributed by atoms with Crippen molar-refractivity contribution in [1.29, 1.82) is 0 Å². The van der Waals surface area contributed by atoms with Gasteiger partial charge in [0.2, 0.25) is 0 Å². The fraction of sp³-hybridized carbons (Fsp3) is 0.176. The van der Waals surface area contributed by atoms with Crippen molar-refractivity contribution in [3.8, 4) is 5.75 Å². The lowest BCUT2D eigenvalue weighted by molar-refractivity contribution is -0.136. The Bertz CT molecular complexity index is 704. The number of halogens is 1. The van der Waals surface area contributed by atoms with E-state index < -0.39 is 17.6 Å². The summed E-state index contributed by atoms with van der Waals surface area (Å²) in [4.78, 5) is 23.4. The average Bonchev–Trinajstić information content (AvgIpc) is 2.57. The number of anilines is 1. The van der Waals surface area contributed by atoms with E-state index in [4.69, 9.17) is 4.74 Å².